The summed E-state index contributed by atoms with van der Waals surface area (Å²) in [5.41, 5.74) is 5.95. The fraction of sp³-hybridized carbons (Fsp3) is 0.250. The summed E-state index contributed by atoms with van der Waals surface area (Å²) < 4.78 is 15.0. The monoisotopic (exact) mass is 605 g/mol. The van der Waals surface area contributed by atoms with Crippen molar-refractivity contribution in [2.75, 3.05) is 20.3 Å². The van der Waals surface area contributed by atoms with Crippen molar-refractivity contribution in [1.29, 1.82) is 0 Å². The van der Waals surface area contributed by atoms with Crippen LogP contribution >= 0.6 is 11.3 Å². The topological polar surface area (TPSA) is 74.8 Å². The first-order valence-electron chi connectivity index (χ1n) is 14.8. The second kappa shape index (κ2) is 12.6. The van der Waals surface area contributed by atoms with Crippen molar-refractivity contribution < 1.29 is 14.3 Å². The van der Waals surface area contributed by atoms with Gasteiger partial charge in [0.1, 0.15) is 6.61 Å². The summed E-state index contributed by atoms with van der Waals surface area (Å²) in [4.78, 5) is 33.0. The Hall–Kier alpha value is -4.53. The van der Waals surface area contributed by atoms with Gasteiger partial charge in [-0.2, -0.15) is 0 Å². The molecule has 8 heteroatoms. The van der Waals surface area contributed by atoms with Crippen molar-refractivity contribution in [3.8, 4) is 0 Å². The molecule has 0 spiro atoms. The number of aromatic nitrogens is 2. The van der Waals surface area contributed by atoms with Crippen molar-refractivity contribution >= 4 is 34.3 Å². The third kappa shape index (κ3) is 5.70. The smallest absolute Gasteiger partial charge is 0.338 e. The largest absolute Gasteiger partial charge is 0.460 e. The molecule has 1 aliphatic rings. The number of carbonyl (C=O) groups is 1. The molecule has 1 unspecified atom stereocenters. The lowest BCUT2D eigenvalue weighted by molar-refractivity contribution is -0.140. The summed E-state index contributed by atoms with van der Waals surface area (Å²) in [5, 5.41) is 1.06. The van der Waals surface area contributed by atoms with Gasteiger partial charge in [-0.15, -0.1) is 0 Å². The van der Waals surface area contributed by atoms with Crippen LogP contribution < -0.4 is 14.9 Å². The Labute approximate surface area is 260 Å². The lowest BCUT2D eigenvalue weighted by Gasteiger charge is -2.25. The average Bonchev–Trinajstić information content (AvgIpc) is 3.53. The summed E-state index contributed by atoms with van der Waals surface area (Å²) in [5.74, 6) is -0.148. The number of hydrogen-bond acceptors (Lipinski definition) is 6. The number of esters is 1. The minimum absolute atomic E-state index is 0.114. The van der Waals surface area contributed by atoms with Crippen molar-refractivity contribution in [2.24, 2.45) is 4.99 Å². The predicted molar refractivity (Wildman–Crippen MR) is 175 cm³/mol. The van der Waals surface area contributed by atoms with Crippen LogP contribution in [0, 0.1) is 0 Å². The van der Waals surface area contributed by atoms with E-state index in [1.165, 1.54) is 22.5 Å². The van der Waals surface area contributed by atoms with Gasteiger partial charge >= 0.3 is 5.97 Å². The molecule has 0 aliphatic carbocycles. The van der Waals surface area contributed by atoms with Crippen LogP contribution in [0.3, 0.4) is 0 Å². The number of allylic oxidation sites excluding steroid dienone is 1. The van der Waals surface area contributed by atoms with Gasteiger partial charge in [0.2, 0.25) is 0 Å². The Kier molecular flexibility index (Phi) is 8.46. The molecule has 0 bridgehead atoms. The van der Waals surface area contributed by atoms with E-state index in [2.05, 4.69) is 61.0 Å². The molecule has 0 N–H and O–H groups in total. The third-order valence-corrected chi connectivity index (χ3v) is 8.97. The van der Waals surface area contributed by atoms with Crippen LogP contribution in [0.2, 0.25) is 0 Å². The number of carbonyl (C=O) groups excluding carboxylic acids is 1. The normalized spacial score (nSPS) is 15.1. The van der Waals surface area contributed by atoms with Crippen molar-refractivity contribution in [2.45, 2.75) is 39.3 Å². The molecule has 6 rings (SSSR count). The lowest BCUT2D eigenvalue weighted by atomic mass is 9.93. The molecule has 0 amide bonds. The summed E-state index contributed by atoms with van der Waals surface area (Å²) in [6.07, 6.45) is 4.05. The fourth-order valence-electron chi connectivity index (χ4n) is 5.70. The second-order valence-corrected chi connectivity index (χ2v) is 12.3. The number of rotatable bonds is 9. The van der Waals surface area contributed by atoms with Gasteiger partial charge in [0.25, 0.3) is 5.56 Å². The van der Waals surface area contributed by atoms with Gasteiger partial charge in [-0.25, -0.2) is 9.79 Å². The van der Waals surface area contributed by atoms with Crippen LogP contribution in [0.5, 0.6) is 0 Å². The molecule has 44 heavy (non-hydrogen) atoms. The summed E-state index contributed by atoms with van der Waals surface area (Å²) >= 11 is 1.34. The van der Waals surface area contributed by atoms with Gasteiger partial charge in [0.05, 0.1) is 28.5 Å². The van der Waals surface area contributed by atoms with E-state index in [0.717, 1.165) is 28.6 Å². The second-order valence-electron chi connectivity index (χ2n) is 11.2. The highest BCUT2D eigenvalue weighted by Crippen LogP contribution is 2.32. The SMILES string of the molecule is COCCOC(=O)C1=C(C)N=c2sc(=Cc3cn(Cc4ccccc4)c4ccccc34)c(=O)n2C1c1ccc(C(C)C)cc1. The average molecular weight is 606 g/mol. The molecule has 3 aromatic carbocycles. The molecule has 0 saturated carbocycles. The molecule has 1 atom stereocenters. The Balaban J connectivity index is 1.48. The van der Waals surface area contributed by atoms with E-state index in [-0.39, 0.29) is 18.8 Å². The van der Waals surface area contributed by atoms with Crippen LogP contribution in [0.1, 0.15) is 55.0 Å². The first-order valence-corrected chi connectivity index (χ1v) is 15.6. The molecule has 0 radical (unpaired) electrons. The van der Waals surface area contributed by atoms with E-state index in [0.29, 0.717) is 26.5 Å². The summed E-state index contributed by atoms with van der Waals surface area (Å²) in [6, 6.07) is 26.0. The van der Waals surface area contributed by atoms with Crippen molar-refractivity contribution in [3.05, 3.63) is 138 Å². The van der Waals surface area contributed by atoms with Crippen LogP contribution in [0.4, 0.5) is 0 Å². The van der Waals surface area contributed by atoms with Crippen LogP contribution in [0.25, 0.3) is 17.0 Å². The predicted octanol–water partition coefficient (Wildman–Crippen LogP) is 5.55. The highest BCUT2D eigenvalue weighted by atomic mass is 32.1. The minimum atomic E-state index is -0.663. The summed E-state index contributed by atoms with van der Waals surface area (Å²) in [6.45, 7) is 7.19. The minimum Gasteiger partial charge on any atom is -0.460 e. The third-order valence-electron chi connectivity index (χ3n) is 7.98. The fourth-order valence-corrected chi connectivity index (χ4v) is 6.74. The zero-order valence-corrected chi connectivity index (χ0v) is 26.1. The van der Waals surface area contributed by atoms with Crippen LogP contribution in [-0.4, -0.2) is 35.4 Å². The van der Waals surface area contributed by atoms with E-state index in [1.807, 2.05) is 48.5 Å². The first-order chi connectivity index (χ1) is 21.4. The number of para-hydroxylation sites is 1. The number of benzene rings is 3. The number of nitrogens with zero attached hydrogens (tertiary/aromatic N) is 3. The standard InChI is InChI=1S/C36H35N3O4S/c1-23(2)26-14-16-27(17-15-26)33-32(35(41)43-19-18-42-4)24(3)37-36-39(33)34(40)31(44-36)20-28-22-38(21-25-10-6-5-7-11-25)30-13-9-8-12-29(28)30/h5-17,20,22-23,33H,18-19,21H2,1-4H3. The van der Waals surface area contributed by atoms with Gasteiger partial charge in [0, 0.05) is 36.3 Å². The Morgan fingerprint density at radius 3 is 2.45 bits per heavy atom. The van der Waals surface area contributed by atoms with Crippen LogP contribution in [0.15, 0.2) is 106 Å². The number of ether oxygens (including phenoxy) is 2. The van der Waals surface area contributed by atoms with E-state index in [4.69, 9.17) is 14.5 Å². The van der Waals surface area contributed by atoms with Gasteiger partial charge in [-0.3, -0.25) is 9.36 Å². The maximum absolute atomic E-state index is 14.2. The van der Waals surface area contributed by atoms with Crippen molar-refractivity contribution in [1.82, 2.24) is 9.13 Å². The Morgan fingerprint density at radius 2 is 1.73 bits per heavy atom. The number of fused-ring (bicyclic) bond motifs is 2. The number of thiazole rings is 1. The van der Waals surface area contributed by atoms with Gasteiger partial charge in [-0.05, 0) is 41.7 Å². The van der Waals surface area contributed by atoms with Gasteiger partial charge < -0.3 is 14.0 Å². The first kappa shape index (κ1) is 29.5. The maximum atomic E-state index is 14.2. The van der Waals surface area contributed by atoms with E-state index >= 15 is 0 Å². The number of methoxy groups -OCH3 is 1. The van der Waals surface area contributed by atoms with Gasteiger partial charge in [0.15, 0.2) is 4.80 Å². The molecule has 3 heterocycles. The molecule has 0 saturated heterocycles. The van der Waals surface area contributed by atoms with Crippen molar-refractivity contribution in [3.63, 3.8) is 0 Å². The van der Waals surface area contributed by atoms with Gasteiger partial charge in [-0.1, -0.05) is 98.0 Å². The van der Waals surface area contributed by atoms with E-state index in [1.54, 1.807) is 18.6 Å². The molecular formula is C36H35N3O4S. The summed E-state index contributed by atoms with van der Waals surface area (Å²) in [7, 11) is 1.56. The highest BCUT2D eigenvalue weighted by molar-refractivity contribution is 7.07. The molecule has 7 nitrogen and oxygen atoms in total. The molecular weight excluding hydrogens is 570 g/mol. The lowest BCUT2D eigenvalue weighted by Crippen LogP contribution is -2.40. The molecule has 224 valence electrons. The number of hydrogen-bond donors (Lipinski definition) is 0. The van der Waals surface area contributed by atoms with Crippen LogP contribution in [-0.2, 0) is 20.8 Å². The van der Waals surface area contributed by atoms with E-state index < -0.39 is 12.0 Å². The maximum Gasteiger partial charge on any atom is 0.338 e. The Bertz CT molecular complexity index is 2030. The Morgan fingerprint density at radius 1 is 1.00 bits per heavy atom. The quantitative estimate of drug-likeness (QED) is 0.163. The van der Waals surface area contributed by atoms with E-state index in [9.17, 15) is 9.59 Å². The molecule has 1 aliphatic heterocycles. The molecule has 0 fully saturated rings. The molecule has 2 aromatic heterocycles. The highest BCUT2D eigenvalue weighted by Gasteiger charge is 2.33. The zero-order chi connectivity index (χ0) is 30.8. The molecule has 5 aromatic rings. The zero-order valence-electron chi connectivity index (χ0n) is 25.3.